The summed E-state index contributed by atoms with van der Waals surface area (Å²) in [4.78, 5) is 18.8. The number of anilines is 1. The smallest absolute Gasteiger partial charge is 0.226 e. The van der Waals surface area contributed by atoms with E-state index < -0.39 is 0 Å². The lowest BCUT2D eigenvalue weighted by Crippen LogP contribution is -2.32. The van der Waals surface area contributed by atoms with Crippen LogP contribution in [0.5, 0.6) is 5.75 Å². The average Bonchev–Trinajstić information content (AvgIpc) is 3.38. The van der Waals surface area contributed by atoms with Crippen LogP contribution in [-0.2, 0) is 4.79 Å². The maximum atomic E-state index is 12.8. The van der Waals surface area contributed by atoms with Gasteiger partial charge in [-0.25, -0.2) is 4.98 Å². The zero-order chi connectivity index (χ0) is 19.3. The number of nitrogens with zero attached hydrogens (tertiary/aromatic N) is 3. The van der Waals surface area contributed by atoms with Crippen LogP contribution in [0.3, 0.4) is 0 Å². The number of pyridine rings is 1. The molecular formula is C21H23N5O2. The van der Waals surface area contributed by atoms with Gasteiger partial charge in [0.25, 0.3) is 0 Å². The highest BCUT2D eigenvalue weighted by Crippen LogP contribution is 2.36. The number of amides is 1. The first kappa shape index (κ1) is 18.0. The Labute approximate surface area is 163 Å². The Morgan fingerprint density at radius 1 is 1.29 bits per heavy atom. The Morgan fingerprint density at radius 3 is 2.96 bits per heavy atom. The van der Waals surface area contributed by atoms with E-state index in [1.54, 1.807) is 12.4 Å². The van der Waals surface area contributed by atoms with E-state index in [4.69, 9.17) is 10.5 Å². The van der Waals surface area contributed by atoms with E-state index >= 15 is 0 Å². The number of nitrogen functional groups attached to an aromatic ring is 1. The van der Waals surface area contributed by atoms with E-state index in [1.165, 1.54) is 0 Å². The zero-order valence-electron chi connectivity index (χ0n) is 15.5. The maximum Gasteiger partial charge on any atom is 0.226 e. The van der Waals surface area contributed by atoms with Crippen molar-refractivity contribution < 1.29 is 9.53 Å². The van der Waals surface area contributed by atoms with Gasteiger partial charge in [0.1, 0.15) is 11.6 Å². The van der Waals surface area contributed by atoms with Gasteiger partial charge in [-0.3, -0.25) is 9.89 Å². The number of nitrogens with two attached hydrogens (primary N) is 1. The highest BCUT2D eigenvalue weighted by atomic mass is 16.5. The number of carbonyl (C=O) groups excluding carboxylic acids is 1. The van der Waals surface area contributed by atoms with Crippen molar-refractivity contribution in [1.29, 1.82) is 0 Å². The lowest BCUT2D eigenvalue weighted by atomic mass is 10.0. The second kappa shape index (κ2) is 8.12. The van der Waals surface area contributed by atoms with Gasteiger partial charge in [0, 0.05) is 18.3 Å². The molecule has 2 aromatic heterocycles. The highest BCUT2D eigenvalue weighted by molar-refractivity contribution is 5.78. The Balaban J connectivity index is 1.45. The van der Waals surface area contributed by atoms with Crippen molar-refractivity contribution in [2.24, 2.45) is 0 Å². The summed E-state index contributed by atoms with van der Waals surface area (Å²) in [5.74, 6) is 1.33. The van der Waals surface area contributed by atoms with Crippen LogP contribution in [0, 0.1) is 0 Å². The van der Waals surface area contributed by atoms with Gasteiger partial charge < -0.3 is 15.4 Å². The van der Waals surface area contributed by atoms with E-state index in [-0.39, 0.29) is 11.9 Å². The van der Waals surface area contributed by atoms with Gasteiger partial charge in [0.15, 0.2) is 0 Å². The summed E-state index contributed by atoms with van der Waals surface area (Å²) in [6.07, 6.45) is 5.68. The SMILES string of the molecule is Nc1cc(-c2cn[nH]c2C2CCCN2C(=O)CCOc2ccccc2)ccn1. The molecule has 28 heavy (non-hydrogen) atoms. The first-order chi connectivity index (χ1) is 13.7. The molecule has 1 unspecified atom stereocenters. The number of hydrogen-bond donors (Lipinski definition) is 2. The number of para-hydroxylation sites is 1. The Bertz CT molecular complexity index is 941. The van der Waals surface area contributed by atoms with Crippen LogP contribution >= 0.6 is 0 Å². The van der Waals surface area contributed by atoms with Crippen molar-refractivity contribution in [2.75, 3.05) is 18.9 Å². The van der Waals surface area contributed by atoms with Crippen molar-refractivity contribution >= 4 is 11.7 Å². The molecule has 3 heterocycles. The Morgan fingerprint density at radius 2 is 2.14 bits per heavy atom. The Kier molecular flexibility index (Phi) is 5.23. The predicted molar refractivity (Wildman–Crippen MR) is 106 cm³/mol. The topological polar surface area (TPSA) is 97.1 Å². The van der Waals surface area contributed by atoms with Crippen molar-refractivity contribution in [1.82, 2.24) is 20.1 Å². The summed E-state index contributed by atoms with van der Waals surface area (Å²) in [5.41, 5.74) is 8.68. The van der Waals surface area contributed by atoms with Gasteiger partial charge in [-0.15, -0.1) is 0 Å². The number of ether oxygens (including phenoxy) is 1. The summed E-state index contributed by atoms with van der Waals surface area (Å²) in [7, 11) is 0. The molecule has 1 aromatic carbocycles. The molecule has 144 valence electrons. The fraction of sp³-hybridized carbons (Fsp3) is 0.286. The van der Waals surface area contributed by atoms with E-state index in [1.807, 2.05) is 47.4 Å². The molecule has 1 atom stereocenters. The van der Waals surface area contributed by atoms with Crippen LogP contribution in [0.2, 0.25) is 0 Å². The van der Waals surface area contributed by atoms with Crippen LogP contribution in [0.4, 0.5) is 5.82 Å². The standard InChI is InChI=1S/C21H23N5O2/c22-19-13-15(8-10-23-19)17-14-24-25-21(17)18-7-4-11-26(18)20(27)9-12-28-16-5-2-1-3-6-16/h1-3,5-6,8,10,13-14,18H,4,7,9,11-12H2,(H2,22,23)(H,24,25). The number of aromatic nitrogens is 3. The molecule has 1 amide bonds. The molecule has 1 saturated heterocycles. The molecular weight excluding hydrogens is 354 g/mol. The summed E-state index contributed by atoms with van der Waals surface area (Å²) in [5, 5.41) is 7.32. The molecule has 3 aromatic rings. The van der Waals surface area contributed by atoms with Gasteiger partial charge >= 0.3 is 0 Å². The monoisotopic (exact) mass is 377 g/mol. The third-order valence-electron chi connectivity index (χ3n) is 5.00. The van der Waals surface area contributed by atoms with E-state index in [0.717, 1.165) is 42.0 Å². The second-order valence-corrected chi connectivity index (χ2v) is 6.82. The number of H-pyrrole nitrogens is 1. The molecule has 1 fully saturated rings. The summed E-state index contributed by atoms with van der Waals surface area (Å²) in [6.45, 7) is 1.11. The van der Waals surface area contributed by atoms with Crippen molar-refractivity contribution in [2.45, 2.75) is 25.3 Å². The van der Waals surface area contributed by atoms with Crippen LogP contribution in [0.25, 0.3) is 11.1 Å². The minimum Gasteiger partial charge on any atom is -0.493 e. The lowest BCUT2D eigenvalue weighted by Gasteiger charge is -2.25. The van der Waals surface area contributed by atoms with Gasteiger partial charge in [-0.05, 0) is 42.7 Å². The van der Waals surface area contributed by atoms with Crippen molar-refractivity contribution in [3.63, 3.8) is 0 Å². The number of nitrogens with one attached hydrogen (secondary N) is 1. The first-order valence-electron chi connectivity index (χ1n) is 9.45. The summed E-state index contributed by atoms with van der Waals surface area (Å²) >= 11 is 0. The molecule has 1 aliphatic rings. The lowest BCUT2D eigenvalue weighted by molar-refractivity contribution is -0.132. The van der Waals surface area contributed by atoms with Crippen molar-refractivity contribution in [3.05, 3.63) is 60.6 Å². The molecule has 0 bridgehead atoms. The molecule has 0 aliphatic carbocycles. The molecule has 7 heteroatoms. The van der Waals surface area contributed by atoms with Crippen molar-refractivity contribution in [3.8, 4) is 16.9 Å². The second-order valence-electron chi connectivity index (χ2n) is 6.82. The predicted octanol–water partition coefficient (Wildman–Crippen LogP) is 3.19. The molecule has 0 spiro atoms. The third kappa shape index (κ3) is 3.83. The molecule has 7 nitrogen and oxygen atoms in total. The largest absolute Gasteiger partial charge is 0.493 e. The van der Waals surface area contributed by atoms with Gasteiger partial charge in [0.05, 0.1) is 31.0 Å². The summed E-state index contributed by atoms with van der Waals surface area (Å²) in [6, 6.07) is 13.3. The number of hydrogen-bond acceptors (Lipinski definition) is 5. The number of benzene rings is 1. The van der Waals surface area contributed by atoms with Crippen LogP contribution in [0.15, 0.2) is 54.9 Å². The van der Waals surface area contributed by atoms with E-state index in [9.17, 15) is 4.79 Å². The normalized spacial score (nSPS) is 16.3. The van der Waals surface area contributed by atoms with E-state index in [2.05, 4.69) is 15.2 Å². The quantitative estimate of drug-likeness (QED) is 0.688. The molecule has 4 rings (SSSR count). The number of aromatic amines is 1. The zero-order valence-corrected chi connectivity index (χ0v) is 15.5. The van der Waals surface area contributed by atoms with Crippen LogP contribution < -0.4 is 10.5 Å². The number of carbonyl (C=O) groups is 1. The van der Waals surface area contributed by atoms with E-state index in [0.29, 0.717) is 18.8 Å². The molecule has 0 saturated carbocycles. The fourth-order valence-electron chi connectivity index (χ4n) is 3.68. The minimum atomic E-state index is -0.0175. The highest BCUT2D eigenvalue weighted by Gasteiger charge is 2.32. The maximum absolute atomic E-state index is 12.8. The Hall–Kier alpha value is -3.35. The molecule has 1 aliphatic heterocycles. The fourth-order valence-corrected chi connectivity index (χ4v) is 3.68. The number of likely N-dealkylation sites (tertiary alicyclic amines) is 1. The van der Waals surface area contributed by atoms with Crippen LogP contribution in [0.1, 0.15) is 31.0 Å². The van der Waals surface area contributed by atoms with Gasteiger partial charge in [0.2, 0.25) is 5.91 Å². The molecule has 3 N–H and O–H groups in total. The molecule has 0 radical (unpaired) electrons. The minimum absolute atomic E-state index is 0.0175. The summed E-state index contributed by atoms with van der Waals surface area (Å²) < 4.78 is 5.68. The third-order valence-corrected chi connectivity index (χ3v) is 5.00. The van der Waals surface area contributed by atoms with Gasteiger partial charge in [-0.2, -0.15) is 5.10 Å². The first-order valence-corrected chi connectivity index (χ1v) is 9.45. The average molecular weight is 377 g/mol. The van der Waals surface area contributed by atoms with Gasteiger partial charge in [-0.1, -0.05) is 18.2 Å². The number of rotatable bonds is 6. The van der Waals surface area contributed by atoms with Crippen LogP contribution in [-0.4, -0.2) is 39.1 Å².